The Labute approximate surface area is 113 Å². The number of phenolic OH excluding ortho intramolecular Hbond substituents is 1. The smallest absolute Gasteiger partial charge is 0.251 e. The maximum absolute atomic E-state index is 11.7. The molecule has 6 heteroatoms. The number of carbonyl (C=O) groups is 2. The SMILES string of the molecule is NC(=O)CCCCNC(=O)c1ccc(Br)c(O)c1. The van der Waals surface area contributed by atoms with Gasteiger partial charge in [0.15, 0.2) is 0 Å². The predicted octanol–water partition coefficient (Wildman–Crippen LogP) is 1.54. The molecule has 2 amide bonds. The molecule has 0 atom stereocenters. The zero-order valence-electron chi connectivity index (χ0n) is 9.78. The summed E-state index contributed by atoms with van der Waals surface area (Å²) in [5, 5.41) is 12.1. The molecule has 0 aromatic heterocycles. The number of nitrogens with two attached hydrogens (primary N) is 1. The van der Waals surface area contributed by atoms with Gasteiger partial charge in [0, 0.05) is 18.5 Å². The van der Waals surface area contributed by atoms with E-state index in [1.54, 1.807) is 12.1 Å². The van der Waals surface area contributed by atoms with Crippen molar-refractivity contribution in [1.29, 1.82) is 0 Å². The van der Waals surface area contributed by atoms with Gasteiger partial charge in [0.1, 0.15) is 5.75 Å². The molecular weight excluding hydrogens is 300 g/mol. The molecule has 98 valence electrons. The summed E-state index contributed by atoms with van der Waals surface area (Å²) < 4.78 is 0.542. The van der Waals surface area contributed by atoms with Crippen molar-refractivity contribution in [3.8, 4) is 5.75 Å². The summed E-state index contributed by atoms with van der Waals surface area (Å²) >= 11 is 3.14. The van der Waals surface area contributed by atoms with Crippen molar-refractivity contribution >= 4 is 27.7 Å². The van der Waals surface area contributed by atoms with Crippen molar-refractivity contribution in [2.24, 2.45) is 5.73 Å². The highest BCUT2D eigenvalue weighted by Gasteiger charge is 2.07. The van der Waals surface area contributed by atoms with Crippen LogP contribution in [-0.4, -0.2) is 23.5 Å². The number of hydrogen-bond donors (Lipinski definition) is 3. The number of primary amides is 1. The van der Waals surface area contributed by atoms with Crippen LogP contribution in [0.5, 0.6) is 5.75 Å². The molecule has 0 unspecified atom stereocenters. The first-order valence-electron chi connectivity index (χ1n) is 5.55. The Kier molecular flexibility index (Phi) is 5.64. The van der Waals surface area contributed by atoms with Crippen molar-refractivity contribution in [1.82, 2.24) is 5.32 Å². The number of aromatic hydroxyl groups is 1. The normalized spacial score (nSPS) is 10.1. The lowest BCUT2D eigenvalue weighted by molar-refractivity contribution is -0.118. The molecule has 0 aliphatic rings. The molecule has 0 radical (unpaired) electrons. The van der Waals surface area contributed by atoms with Gasteiger partial charge in [-0.05, 0) is 47.0 Å². The molecule has 5 nitrogen and oxygen atoms in total. The summed E-state index contributed by atoms with van der Waals surface area (Å²) in [6.45, 7) is 0.475. The Hall–Kier alpha value is -1.56. The van der Waals surface area contributed by atoms with Gasteiger partial charge < -0.3 is 16.2 Å². The monoisotopic (exact) mass is 314 g/mol. The van der Waals surface area contributed by atoms with Crippen LogP contribution in [0.3, 0.4) is 0 Å². The van der Waals surface area contributed by atoms with Gasteiger partial charge in [-0.3, -0.25) is 9.59 Å². The molecule has 1 aromatic carbocycles. The summed E-state index contributed by atoms with van der Waals surface area (Å²) in [5.74, 6) is -0.563. The second kappa shape index (κ2) is 7.00. The first kappa shape index (κ1) is 14.5. The molecule has 0 heterocycles. The van der Waals surface area contributed by atoms with Crippen molar-refractivity contribution in [2.45, 2.75) is 19.3 Å². The minimum Gasteiger partial charge on any atom is -0.507 e. The Bertz CT molecular complexity index is 449. The van der Waals surface area contributed by atoms with Crippen LogP contribution in [-0.2, 0) is 4.79 Å². The number of carbonyl (C=O) groups excluding carboxylic acids is 2. The number of phenols is 1. The lowest BCUT2D eigenvalue weighted by atomic mass is 10.2. The Balaban J connectivity index is 2.36. The molecule has 0 saturated carbocycles. The van der Waals surface area contributed by atoms with Gasteiger partial charge in [-0.15, -0.1) is 0 Å². The van der Waals surface area contributed by atoms with Crippen molar-refractivity contribution in [3.05, 3.63) is 28.2 Å². The quantitative estimate of drug-likeness (QED) is 0.695. The highest BCUT2D eigenvalue weighted by molar-refractivity contribution is 9.10. The van der Waals surface area contributed by atoms with Crippen molar-refractivity contribution in [3.63, 3.8) is 0 Å². The summed E-state index contributed by atoms with van der Waals surface area (Å²) in [6, 6.07) is 4.61. The maximum atomic E-state index is 11.7. The van der Waals surface area contributed by atoms with Gasteiger partial charge in [0.25, 0.3) is 5.91 Å². The van der Waals surface area contributed by atoms with Crippen molar-refractivity contribution < 1.29 is 14.7 Å². The zero-order chi connectivity index (χ0) is 13.5. The Morgan fingerprint density at radius 1 is 1.33 bits per heavy atom. The number of hydrogen-bond acceptors (Lipinski definition) is 3. The average Bonchev–Trinajstić information content (AvgIpc) is 2.31. The molecule has 0 aliphatic carbocycles. The standard InChI is InChI=1S/C12H15BrN2O3/c13-9-5-4-8(7-10(9)16)12(18)15-6-2-1-3-11(14)17/h4-5,7,16H,1-3,6H2,(H2,14,17)(H,15,18). The van der Waals surface area contributed by atoms with Gasteiger partial charge in [-0.1, -0.05) is 0 Å². The fourth-order valence-corrected chi connectivity index (χ4v) is 1.63. The minimum absolute atomic E-state index is 0.0244. The predicted molar refractivity (Wildman–Crippen MR) is 71.2 cm³/mol. The Morgan fingerprint density at radius 2 is 2.06 bits per heavy atom. The third kappa shape index (κ3) is 4.75. The van der Waals surface area contributed by atoms with Gasteiger partial charge >= 0.3 is 0 Å². The second-order valence-electron chi connectivity index (χ2n) is 3.85. The van der Waals surface area contributed by atoms with E-state index in [9.17, 15) is 14.7 Å². The van der Waals surface area contributed by atoms with Crippen LogP contribution >= 0.6 is 15.9 Å². The van der Waals surface area contributed by atoms with E-state index in [1.165, 1.54) is 6.07 Å². The largest absolute Gasteiger partial charge is 0.507 e. The van der Waals surface area contributed by atoms with E-state index in [0.29, 0.717) is 35.8 Å². The first-order chi connectivity index (χ1) is 8.50. The first-order valence-corrected chi connectivity index (χ1v) is 6.35. The lowest BCUT2D eigenvalue weighted by Crippen LogP contribution is -2.24. The molecule has 0 bridgehead atoms. The summed E-state index contributed by atoms with van der Waals surface area (Å²) in [6.07, 6.45) is 1.67. The highest BCUT2D eigenvalue weighted by atomic mass is 79.9. The summed E-state index contributed by atoms with van der Waals surface area (Å²) in [7, 11) is 0. The molecule has 0 spiro atoms. The van der Waals surface area contributed by atoms with E-state index < -0.39 is 0 Å². The van der Waals surface area contributed by atoms with Crippen molar-refractivity contribution in [2.75, 3.05) is 6.54 Å². The molecule has 0 aliphatic heterocycles. The molecule has 1 aromatic rings. The molecule has 4 N–H and O–H groups in total. The number of halogens is 1. The van der Waals surface area contributed by atoms with Crippen LogP contribution in [0.25, 0.3) is 0 Å². The third-order valence-electron chi connectivity index (χ3n) is 2.34. The topological polar surface area (TPSA) is 92.4 Å². The lowest BCUT2D eigenvalue weighted by Gasteiger charge is -2.05. The molecular formula is C12H15BrN2O3. The van der Waals surface area contributed by atoms with Gasteiger partial charge in [0.05, 0.1) is 4.47 Å². The number of benzene rings is 1. The molecule has 0 saturated heterocycles. The van der Waals surface area contributed by atoms with E-state index in [4.69, 9.17) is 5.73 Å². The fraction of sp³-hybridized carbons (Fsp3) is 0.333. The van der Waals surface area contributed by atoms with E-state index >= 15 is 0 Å². The van der Waals surface area contributed by atoms with Crippen LogP contribution in [0.2, 0.25) is 0 Å². The van der Waals surface area contributed by atoms with Crippen LogP contribution in [0.1, 0.15) is 29.6 Å². The van der Waals surface area contributed by atoms with Crippen LogP contribution < -0.4 is 11.1 Å². The average molecular weight is 315 g/mol. The van der Waals surface area contributed by atoms with Gasteiger partial charge in [0.2, 0.25) is 5.91 Å². The van der Waals surface area contributed by atoms with E-state index in [0.717, 1.165) is 0 Å². The number of rotatable bonds is 6. The van der Waals surface area contributed by atoms with Crippen LogP contribution in [0.15, 0.2) is 22.7 Å². The molecule has 0 fully saturated rings. The number of unbranched alkanes of at least 4 members (excludes halogenated alkanes) is 1. The molecule has 1 rings (SSSR count). The fourth-order valence-electron chi connectivity index (χ4n) is 1.38. The maximum Gasteiger partial charge on any atom is 0.251 e. The summed E-state index contributed by atoms with van der Waals surface area (Å²) in [4.78, 5) is 22.2. The number of amides is 2. The van der Waals surface area contributed by atoms with Gasteiger partial charge in [-0.25, -0.2) is 0 Å². The number of nitrogens with one attached hydrogen (secondary N) is 1. The highest BCUT2D eigenvalue weighted by Crippen LogP contribution is 2.24. The second-order valence-corrected chi connectivity index (χ2v) is 4.70. The molecule has 18 heavy (non-hydrogen) atoms. The van der Waals surface area contributed by atoms with Crippen LogP contribution in [0, 0.1) is 0 Å². The summed E-state index contributed by atoms with van der Waals surface area (Å²) in [5.41, 5.74) is 5.39. The third-order valence-corrected chi connectivity index (χ3v) is 3.01. The van der Waals surface area contributed by atoms with Gasteiger partial charge in [-0.2, -0.15) is 0 Å². The van der Waals surface area contributed by atoms with E-state index in [-0.39, 0.29) is 17.6 Å². The van der Waals surface area contributed by atoms with E-state index in [1.807, 2.05) is 0 Å². The Morgan fingerprint density at radius 3 is 2.67 bits per heavy atom. The van der Waals surface area contributed by atoms with Crippen LogP contribution in [0.4, 0.5) is 0 Å². The minimum atomic E-state index is -0.334. The van der Waals surface area contributed by atoms with E-state index in [2.05, 4.69) is 21.2 Å². The zero-order valence-corrected chi connectivity index (χ0v) is 11.4.